The fraction of sp³-hybridized carbons (Fsp3) is 0.316. The molecule has 0 amide bonds. The monoisotopic (exact) mass is 411 g/mol. The number of hydrogen-bond donors (Lipinski definition) is 2. The molecular weight excluding hydrogens is 389 g/mol. The van der Waals surface area contributed by atoms with Crippen LogP contribution < -0.4 is 10.6 Å². The third-order valence-electron chi connectivity index (χ3n) is 3.85. The number of benzene rings is 2. The number of nitrogens with one attached hydrogen (secondary N) is 2. The molecule has 0 aliphatic rings. The summed E-state index contributed by atoms with van der Waals surface area (Å²) in [6, 6.07) is 12.7. The minimum atomic E-state index is -3.74. The molecule has 0 fully saturated rings. The van der Waals surface area contributed by atoms with Crippen molar-refractivity contribution in [3.05, 3.63) is 64.9 Å². The Morgan fingerprint density at radius 3 is 2.63 bits per heavy atom. The number of nitrogens with zero attached hydrogens (tertiary/aromatic N) is 1. The number of aliphatic imine (C=N–C) groups is 1. The molecule has 0 bridgehead atoms. The summed E-state index contributed by atoms with van der Waals surface area (Å²) in [5.41, 5.74) is 0.979. The van der Waals surface area contributed by atoms with Crippen LogP contribution in [0.3, 0.4) is 0 Å². The van der Waals surface area contributed by atoms with Gasteiger partial charge in [0.15, 0.2) is 15.8 Å². The Hall–Kier alpha value is -2.12. The van der Waals surface area contributed by atoms with Gasteiger partial charge in [-0.05, 0) is 43.7 Å². The highest BCUT2D eigenvalue weighted by Crippen LogP contribution is 2.17. The van der Waals surface area contributed by atoms with Crippen LogP contribution in [0.25, 0.3) is 0 Å². The van der Waals surface area contributed by atoms with Crippen molar-refractivity contribution in [2.24, 2.45) is 4.99 Å². The third kappa shape index (κ3) is 6.22. The van der Waals surface area contributed by atoms with Crippen molar-refractivity contribution in [3.63, 3.8) is 0 Å². The van der Waals surface area contributed by atoms with Crippen molar-refractivity contribution in [3.8, 4) is 0 Å². The average Bonchev–Trinajstić information content (AvgIpc) is 2.62. The molecule has 2 aromatic rings. The molecule has 0 saturated carbocycles. The van der Waals surface area contributed by atoms with Crippen molar-refractivity contribution in [1.29, 1.82) is 0 Å². The Bertz CT molecular complexity index is 903. The SMILES string of the molecule is CCNC(=NCCS(=O)(=O)c1ccccc1F)NC(C)c1cccc(Cl)c1. The van der Waals surface area contributed by atoms with Crippen LogP contribution in [0.15, 0.2) is 58.4 Å². The molecule has 0 aromatic heterocycles. The second-order valence-corrected chi connectivity index (χ2v) is 8.44. The smallest absolute Gasteiger partial charge is 0.191 e. The molecule has 146 valence electrons. The summed E-state index contributed by atoms with van der Waals surface area (Å²) in [6.07, 6.45) is 0. The third-order valence-corrected chi connectivity index (χ3v) is 5.80. The van der Waals surface area contributed by atoms with Gasteiger partial charge in [-0.25, -0.2) is 12.8 Å². The molecule has 0 spiro atoms. The largest absolute Gasteiger partial charge is 0.357 e. The lowest BCUT2D eigenvalue weighted by molar-refractivity contribution is 0.567. The molecule has 0 radical (unpaired) electrons. The maximum absolute atomic E-state index is 13.7. The summed E-state index contributed by atoms with van der Waals surface area (Å²) in [6.45, 7) is 4.49. The summed E-state index contributed by atoms with van der Waals surface area (Å²) >= 11 is 6.02. The van der Waals surface area contributed by atoms with Gasteiger partial charge in [-0.3, -0.25) is 4.99 Å². The predicted molar refractivity (Wildman–Crippen MR) is 107 cm³/mol. The van der Waals surface area contributed by atoms with Crippen molar-refractivity contribution < 1.29 is 12.8 Å². The van der Waals surface area contributed by atoms with Gasteiger partial charge < -0.3 is 10.6 Å². The van der Waals surface area contributed by atoms with Crippen LogP contribution in [0.5, 0.6) is 0 Å². The fourth-order valence-corrected chi connectivity index (χ4v) is 3.87. The van der Waals surface area contributed by atoms with Gasteiger partial charge in [0.25, 0.3) is 0 Å². The number of rotatable bonds is 7. The summed E-state index contributed by atoms with van der Waals surface area (Å²) in [5.74, 6) is -0.550. The molecule has 5 nitrogen and oxygen atoms in total. The Balaban J connectivity index is 2.06. The van der Waals surface area contributed by atoms with E-state index in [1.165, 1.54) is 18.2 Å². The van der Waals surface area contributed by atoms with Crippen LogP contribution in [-0.4, -0.2) is 33.2 Å². The fourth-order valence-electron chi connectivity index (χ4n) is 2.47. The number of halogens is 2. The Labute approximate surface area is 164 Å². The molecule has 2 aromatic carbocycles. The van der Waals surface area contributed by atoms with E-state index in [0.29, 0.717) is 17.5 Å². The van der Waals surface area contributed by atoms with Gasteiger partial charge in [0.05, 0.1) is 18.3 Å². The first-order valence-corrected chi connectivity index (χ1v) is 10.6. The van der Waals surface area contributed by atoms with E-state index in [1.807, 2.05) is 32.0 Å². The normalized spacial score (nSPS) is 13.3. The first-order valence-electron chi connectivity index (χ1n) is 8.61. The van der Waals surface area contributed by atoms with Crippen LogP contribution >= 0.6 is 11.6 Å². The zero-order chi connectivity index (χ0) is 19.9. The van der Waals surface area contributed by atoms with Gasteiger partial charge in [-0.15, -0.1) is 0 Å². The molecule has 0 aliphatic heterocycles. The van der Waals surface area contributed by atoms with Gasteiger partial charge >= 0.3 is 0 Å². The molecule has 2 rings (SSSR count). The van der Waals surface area contributed by atoms with Crippen molar-refractivity contribution in [2.45, 2.75) is 24.8 Å². The van der Waals surface area contributed by atoms with Crippen LogP contribution in [0.1, 0.15) is 25.5 Å². The summed E-state index contributed by atoms with van der Waals surface area (Å²) in [7, 11) is -3.74. The van der Waals surface area contributed by atoms with E-state index in [0.717, 1.165) is 11.6 Å². The van der Waals surface area contributed by atoms with E-state index in [-0.39, 0.29) is 23.2 Å². The first-order chi connectivity index (χ1) is 12.8. The van der Waals surface area contributed by atoms with Gasteiger partial charge in [0.2, 0.25) is 0 Å². The molecule has 2 N–H and O–H groups in total. The minimum Gasteiger partial charge on any atom is -0.357 e. The Morgan fingerprint density at radius 1 is 1.22 bits per heavy atom. The highest BCUT2D eigenvalue weighted by atomic mass is 35.5. The van der Waals surface area contributed by atoms with Crippen LogP contribution in [0.2, 0.25) is 5.02 Å². The zero-order valence-corrected chi connectivity index (χ0v) is 16.8. The average molecular weight is 412 g/mol. The quantitative estimate of drug-likeness (QED) is 0.539. The predicted octanol–water partition coefficient (Wildman–Crippen LogP) is 3.57. The zero-order valence-electron chi connectivity index (χ0n) is 15.2. The lowest BCUT2D eigenvalue weighted by Gasteiger charge is -2.18. The molecule has 0 saturated heterocycles. The van der Waals surface area contributed by atoms with E-state index in [9.17, 15) is 12.8 Å². The Kier molecular flexibility index (Phi) is 7.62. The second kappa shape index (κ2) is 9.71. The van der Waals surface area contributed by atoms with Gasteiger partial charge in [0, 0.05) is 11.6 Å². The lowest BCUT2D eigenvalue weighted by atomic mass is 10.1. The molecule has 0 aliphatic carbocycles. The molecule has 1 unspecified atom stereocenters. The Morgan fingerprint density at radius 2 is 1.96 bits per heavy atom. The molecule has 1 atom stereocenters. The van der Waals surface area contributed by atoms with Crippen LogP contribution in [0, 0.1) is 5.82 Å². The molecule has 8 heteroatoms. The van der Waals surface area contributed by atoms with Crippen molar-refractivity contribution in [2.75, 3.05) is 18.8 Å². The lowest BCUT2D eigenvalue weighted by Crippen LogP contribution is -2.39. The van der Waals surface area contributed by atoms with Gasteiger partial charge in [-0.1, -0.05) is 35.9 Å². The summed E-state index contributed by atoms with van der Waals surface area (Å²) in [4.78, 5) is 4.00. The van der Waals surface area contributed by atoms with E-state index in [4.69, 9.17) is 11.6 Å². The first kappa shape index (κ1) is 21.2. The number of sulfone groups is 1. The van der Waals surface area contributed by atoms with E-state index in [1.54, 1.807) is 6.07 Å². The maximum Gasteiger partial charge on any atom is 0.191 e. The van der Waals surface area contributed by atoms with E-state index >= 15 is 0 Å². The van der Waals surface area contributed by atoms with Crippen LogP contribution in [-0.2, 0) is 9.84 Å². The number of hydrogen-bond acceptors (Lipinski definition) is 3. The maximum atomic E-state index is 13.7. The molecule has 0 heterocycles. The van der Waals surface area contributed by atoms with Gasteiger partial charge in [0.1, 0.15) is 10.7 Å². The highest BCUT2D eigenvalue weighted by molar-refractivity contribution is 7.91. The van der Waals surface area contributed by atoms with E-state index in [2.05, 4.69) is 15.6 Å². The standard InChI is InChI=1S/C19H23ClFN3O2S/c1-3-22-19(24-14(2)15-7-6-8-16(20)13-15)23-11-12-27(25,26)18-10-5-4-9-17(18)21/h4-10,13-14H,3,11-12H2,1-2H3,(H2,22,23,24). The minimum absolute atomic E-state index is 0.00820. The summed E-state index contributed by atoms with van der Waals surface area (Å²) in [5, 5.41) is 6.92. The molecular formula is C19H23ClFN3O2S. The van der Waals surface area contributed by atoms with E-state index < -0.39 is 15.7 Å². The van der Waals surface area contributed by atoms with Crippen LogP contribution in [0.4, 0.5) is 4.39 Å². The number of guanidine groups is 1. The highest BCUT2D eigenvalue weighted by Gasteiger charge is 2.18. The van der Waals surface area contributed by atoms with Crippen molar-refractivity contribution >= 4 is 27.4 Å². The second-order valence-electron chi connectivity index (χ2n) is 5.93. The van der Waals surface area contributed by atoms with Gasteiger partial charge in [-0.2, -0.15) is 0 Å². The van der Waals surface area contributed by atoms with Crippen molar-refractivity contribution in [1.82, 2.24) is 10.6 Å². The molecule has 27 heavy (non-hydrogen) atoms. The summed E-state index contributed by atoms with van der Waals surface area (Å²) < 4.78 is 38.4. The topological polar surface area (TPSA) is 70.6 Å².